The molecule has 8 nitrogen and oxygen atoms in total. The average molecular weight is 472 g/mol. The van der Waals surface area contributed by atoms with E-state index in [1.54, 1.807) is 18.2 Å². The Balaban J connectivity index is 1.52. The zero-order valence-electron chi connectivity index (χ0n) is 18.9. The van der Waals surface area contributed by atoms with Crippen molar-refractivity contribution in [1.29, 1.82) is 0 Å². The van der Waals surface area contributed by atoms with E-state index in [4.69, 9.17) is 9.63 Å². The lowest BCUT2D eigenvalue weighted by molar-refractivity contribution is -0.117. The maximum atomic E-state index is 13.6. The zero-order valence-corrected chi connectivity index (χ0v) is 18.9. The number of aromatic carboxylic acids is 1. The second-order valence-electron chi connectivity index (χ2n) is 8.92. The summed E-state index contributed by atoms with van der Waals surface area (Å²) in [4.78, 5) is 39.6. The van der Waals surface area contributed by atoms with Gasteiger partial charge in [0.05, 0.1) is 17.2 Å². The van der Waals surface area contributed by atoms with Crippen molar-refractivity contribution in [1.82, 2.24) is 5.16 Å². The van der Waals surface area contributed by atoms with Gasteiger partial charge in [-0.2, -0.15) is 0 Å². The molecule has 3 aromatic rings. The third-order valence-corrected chi connectivity index (χ3v) is 6.86. The van der Waals surface area contributed by atoms with Crippen LogP contribution >= 0.6 is 0 Å². The molecule has 2 heterocycles. The number of hydrogen-bond donors (Lipinski definition) is 2. The van der Waals surface area contributed by atoms with Gasteiger partial charge in [-0.15, -0.1) is 0 Å². The van der Waals surface area contributed by atoms with Gasteiger partial charge in [0.15, 0.2) is 11.5 Å². The summed E-state index contributed by atoms with van der Waals surface area (Å²) in [7, 11) is 0. The minimum atomic E-state index is -1.09. The van der Waals surface area contributed by atoms with Gasteiger partial charge in [-0.1, -0.05) is 48.7 Å². The van der Waals surface area contributed by atoms with Crippen LogP contribution in [0.1, 0.15) is 52.8 Å². The smallest absolute Gasteiger partial charge is 0.335 e. The van der Waals surface area contributed by atoms with Gasteiger partial charge in [0.25, 0.3) is 5.91 Å². The van der Waals surface area contributed by atoms with Crippen molar-refractivity contribution in [3.63, 3.8) is 0 Å². The van der Waals surface area contributed by atoms with Crippen LogP contribution in [0.25, 0.3) is 11.3 Å². The summed E-state index contributed by atoms with van der Waals surface area (Å²) in [5.41, 5.74) is 2.41. The Kier molecular flexibility index (Phi) is 5.94. The van der Waals surface area contributed by atoms with Crippen LogP contribution in [-0.2, 0) is 4.79 Å². The zero-order chi connectivity index (χ0) is 24.5. The highest BCUT2D eigenvalue weighted by Gasteiger charge is 2.47. The average Bonchev–Trinajstić information content (AvgIpc) is 3.52. The van der Waals surface area contributed by atoms with E-state index in [1.807, 2.05) is 12.1 Å². The van der Waals surface area contributed by atoms with Crippen LogP contribution in [0.15, 0.2) is 76.7 Å². The first-order valence-electron chi connectivity index (χ1n) is 11.6. The summed E-state index contributed by atoms with van der Waals surface area (Å²) in [6, 6.07) is 13.9. The molecule has 0 saturated heterocycles. The minimum absolute atomic E-state index is 0.0183. The molecule has 178 valence electrons. The van der Waals surface area contributed by atoms with E-state index in [9.17, 15) is 19.5 Å². The van der Waals surface area contributed by atoms with Crippen LogP contribution < -0.4 is 4.90 Å². The molecule has 2 aromatic carbocycles. The molecular formula is C27H24N2O6. The first-order chi connectivity index (χ1) is 17.0. The summed E-state index contributed by atoms with van der Waals surface area (Å²) in [5.74, 6) is -2.70. The van der Waals surface area contributed by atoms with Crippen molar-refractivity contribution >= 4 is 23.3 Å². The predicted molar refractivity (Wildman–Crippen MR) is 127 cm³/mol. The molecule has 1 aliphatic heterocycles. The van der Waals surface area contributed by atoms with Crippen molar-refractivity contribution in [2.75, 3.05) is 4.90 Å². The highest BCUT2D eigenvalue weighted by molar-refractivity contribution is 6.21. The number of aliphatic hydroxyl groups is 1. The number of hydrogen-bond acceptors (Lipinski definition) is 6. The van der Waals surface area contributed by atoms with E-state index < -0.39 is 29.5 Å². The number of amides is 1. The fourth-order valence-corrected chi connectivity index (χ4v) is 5.11. The van der Waals surface area contributed by atoms with E-state index in [1.165, 1.54) is 35.4 Å². The summed E-state index contributed by atoms with van der Waals surface area (Å²) in [6.45, 7) is 0. The van der Waals surface area contributed by atoms with Gasteiger partial charge in [0, 0.05) is 22.9 Å². The molecule has 0 radical (unpaired) electrons. The molecule has 1 aliphatic carbocycles. The van der Waals surface area contributed by atoms with Crippen LogP contribution in [0.3, 0.4) is 0 Å². The second-order valence-corrected chi connectivity index (χ2v) is 8.92. The van der Waals surface area contributed by atoms with Gasteiger partial charge in [-0.25, -0.2) is 4.79 Å². The lowest BCUT2D eigenvalue weighted by atomic mass is 9.79. The maximum Gasteiger partial charge on any atom is 0.335 e. The number of aliphatic hydroxyl groups excluding tert-OH is 1. The largest absolute Gasteiger partial charge is 0.503 e. The SMILES string of the molecule is O=C(O)c1ccc(C(=O)C2=C(O)C(=O)N(c3ccc(-c4ccon4)cc3)C2C2CCCCC2)cc1. The van der Waals surface area contributed by atoms with Crippen molar-refractivity contribution in [3.05, 3.63) is 83.3 Å². The number of carbonyl (C=O) groups is 3. The van der Waals surface area contributed by atoms with Gasteiger partial charge in [-0.05, 0) is 43.0 Å². The fourth-order valence-electron chi connectivity index (χ4n) is 5.11. The molecule has 2 N–H and O–H groups in total. The number of rotatable bonds is 6. The second kappa shape index (κ2) is 9.21. The molecule has 1 saturated carbocycles. The Morgan fingerprint density at radius 2 is 1.57 bits per heavy atom. The van der Waals surface area contributed by atoms with Crippen LogP contribution in [0.5, 0.6) is 0 Å². The third-order valence-electron chi connectivity index (χ3n) is 6.86. The number of Topliss-reactive ketones (excluding diaryl/α,β-unsaturated/α-hetero) is 1. The van der Waals surface area contributed by atoms with Crippen LogP contribution in [0, 0.1) is 5.92 Å². The summed E-state index contributed by atoms with van der Waals surface area (Å²) < 4.78 is 4.91. The van der Waals surface area contributed by atoms with Gasteiger partial charge in [0.1, 0.15) is 12.0 Å². The normalized spacial score (nSPS) is 18.8. The molecule has 2 aliphatic rings. The van der Waals surface area contributed by atoms with E-state index in [-0.39, 0.29) is 22.6 Å². The number of nitrogens with zero attached hydrogens (tertiary/aromatic N) is 2. The quantitative estimate of drug-likeness (QED) is 0.483. The third kappa shape index (κ3) is 4.12. The first kappa shape index (κ1) is 22.6. The Morgan fingerprint density at radius 3 is 2.17 bits per heavy atom. The molecule has 1 unspecified atom stereocenters. The molecule has 0 spiro atoms. The molecule has 1 fully saturated rings. The molecule has 35 heavy (non-hydrogen) atoms. The summed E-state index contributed by atoms with van der Waals surface area (Å²) >= 11 is 0. The van der Waals surface area contributed by atoms with E-state index in [0.29, 0.717) is 11.4 Å². The van der Waals surface area contributed by atoms with Crippen molar-refractivity contribution in [2.24, 2.45) is 5.92 Å². The summed E-state index contributed by atoms with van der Waals surface area (Å²) in [5, 5.41) is 24.0. The fraction of sp³-hybridized carbons (Fsp3) is 0.259. The first-order valence-corrected chi connectivity index (χ1v) is 11.6. The molecular weight excluding hydrogens is 448 g/mol. The van der Waals surface area contributed by atoms with Gasteiger partial charge in [-0.3, -0.25) is 14.5 Å². The van der Waals surface area contributed by atoms with Gasteiger partial charge < -0.3 is 14.7 Å². The van der Waals surface area contributed by atoms with Crippen LogP contribution in [0.4, 0.5) is 5.69 Å². The molecule has 1 atom stereocenters. The number of ketones is 1. The van der Waals surface area contributed by atoms with Crippen LogP contribution in [-0.4, -0.2) is 39.1 Å². The Labute approximate surface area is 201 Å². The number of carboxylic acid groups (broad SMARTS) is 1. The topological polar surface area (TPSA) is 121 Å². The molecule has 0 bridgehead atoms. The number of benzene rings is 2. The lowest BCUT2D eigenvalue weighted by Crippen LogP contribution is -2.42. The Bertz CT molecular complexity index is 1290. The van der Waals surface area contributed by atoms with E-state index in [0.717, 1.165) is 37.7 Å². The molecule has 5 rings (SSSR count). The minimum Gasteiger partial charge on any atom is -0.503 e. The van der Waals surface area contributed by atoms with Gasteiger partial charge >= 0.3 is 5.97 Å². The highest BCUT2D eigenvalue weighted by Crippen LogP contribution is 2.41. The predicted octanol–water partition coefficient (Wildman–Crippen LogP) is 5.03. The Hall–Kier alpha value is -4.20. The number of anilines is 1. The Morgan fingerprint density at radius 1 is 0.914 bits per heavy atom. The van der Waals surface area contributed by atoms with E-state index >= 15 is 0 Å². The monoisotopic (exact) mass is 472 g/mol. The molecule has 1 amide bonds. The van der Waals surface area contributed by atoms with Crippen LogP contribution in [0.2, 0.25) is 0 Å². The number of carbonyl (C=O) groups excluding carboxylic acids is 2. The number of carboxylic acids is 1. The van der Waals surface area contributed by atoms with Crippen molar-refractivity contribution in [2.45, 2.75) is 38.1 Å². The standard InChI is InChI=1S/C27H24N2O6/c30-24(18-6-8-19(9-7-18)27(33)34)22-23(17-4-2-1-3-5-17)29(26(32)25(22)31)20-12-10-16(11-13-20)21-14-15-35-28-21/h6-15,17,23,31H,1-5H2,(H,33,34). The molecule has 1 aromatic heterocycles. The van der Waals surface area contributed by atoms with E-state index in [2.05, 4.69) is 5.16 Å². The van der Waals surface area contributed by atoms with Crippen molar-refractivity contribution < 1.29 is 29.1 Å². The van der Waals surface area contributed by atoms with Gasteiger partial charge in [0.2, 0.25) is 0 Å². The highest BCUT2D eigenvalue weighted by atomic mass is 16.5. The summed E-state index contributed by atoms with van der Waals surface area (Å²) in [6.07, 6.45) is 6.24. The maximum absolute atomic E-state index is 13.6. The lowest BCUT2D eigenvalue weighted by Gasteiger charge is -2.35. The number of aromatic nitrogens is 1. The van der Waals surface area contributed by atoms with Crippen molar-refractivity contribution in [3.8, 4) is 11.3 Å². The molecule has 8 heteroatoms.